The summed E-state index contributed by atoms with van der Waals surface area (Å²) in [5.41, 5.74) is 0.924. The van der Waals surface area contributed by atoms with E-state index in [-0.39, 0.29) is 34.7 Å². The van der Waals surface area contributed by atoms with Crippen molar-refractivity contribution in [3.05, 3.63) is 79.6 Å². The minimum atomic E-state index is -0.946. The number of nitrogens with one attached hydrogen (secondary N) is 1. The number of nitrogens with zero attached hydrogens (tertiary/aromatic N) is 2. The zero-order chi connectivity index (χ0) is 20.4. The molecule has 0 spiro atoms. The van der Waals surface area contributed by atoms with Gasteiger partial charge in [-0.05, 0) is 19.9 Å². The van der Waals surface area contributed by atoms with E-state index in [2.05, 4.69) is 5.32 Å². The lowest BCUT2D eigenvalue weighted by Crippen LogP contribution is -2.31. The summed E-state index contributed by atoms with van der Waals surface area (Å²) >= 11 is 0. The van der Waals surface area contributed by atoms with Gasteiger partial charge >= 0.3 is 6.16 Å². The molecule has 0 saturated heterocycles. The highest BCUT2D eigenvalue weighted by atomic mass is 16.7. The van der Waals surface area contributed by atoms with Crippen LogP contribution in [0.5, 0.6) is 0 Å². The molecule has 0 saturated carbocycles. The third kappa shape index (κ3) is 3.34. The SMILES string of the molecule is CCOC(=O)OC1=C(C)Nc2ccn(C)c(=O)c2C1c1ccccc1[N+](=O)[O-]. The zero-order valence-electron chi connectivity index (χ0n) is 15.6. The lowest BCUT2D eigenvalue weighted by atomic mass is 9.85. The first-order valence-electron chi connectivity index (χ1n) is 8.60. The van der Waals surface area contributed by atoms with Crippen LogP contribution < -0.4 is 10.9 Å². The van der Waals surface area contributed by atoms with Gasteiger partial charge in [-0.25, -0.2) is 4.79 Å². The van der Waals surface area contributed by atoms with Gasteiger partial charge in [0.2, 0.25) is 0 Å². The Labute approximate surface area is 160 Å². The predicted octanol–water partition coefficient (Wildman–Crippen LogP) is 3.26. The highest BCUT2D eigenvalue weighted by molar-refractivity contribution is 5.69. The highest BCUT2D eigenvalue weighted by Crippen LogP contribution is 2.43. The summed E-state index contributed by atoms with van der Waals surface area (Å²) in [6, 6.07) is 7.76. The normalized spacial score (nSPS) is 15.5. The number of hydrogen-bond donors (Lipinski definition) is 1. The molecule has 1 aromatic carbocycles. The van der Waals surface area contributed by atoms with E-state index in [9.17, 15) is 19.7 Å². The van der Waals surface area contributed by atoms with Crippen LogP contribution in [0.15, 0.2) is 52.8 Å². The van der Waals surface area contributed by atoms with Crippen LogP contribution in [0.2, 0.25) is 0 Å². The van der Waals surface area contributed by atoms with Gasteiger partial charge < -0.3 is 19.4 Å². The maximum Gasteiger partial charge on any atom is 0.513 e. The number of nitro benzene ring substituents is 1. The van der Waals surface area contributed by atoms with Crippen molar-refractivity contribution in [1.29, 1.82) is 0 Å². The minimum Gasteiger partial charge on any atom is -0.434 e. The number of nitro groups is 1. The molecule has 28 heavy (non-hydrogen) atoms. The molecule has 0 amide bonds. The molecule has 1 atom stereocenters. The van der Waals surface area contributed by atoms with Crippen molar-refractivity contribution in [3.8, 4) is 0 Å². The van der Waals surface area contributed by atoms with E-state index >= 15 is 0 Å². The quantitative estimate of drug-likeness (QED) is 0.488. The van der Waals surface area contributed by atoms with Crippen LogP contribution in [0, 0.1) is 10.1 Å². The Morgan fingerprint density at radius 3 is 2.71 bits per heavy atom. The molecule has 0 bridgehead atoms. The predicted molar refractivity (Wildman–Crippen MR) is 101 cm³/mol. The second kappa shape index (κ2) is 7.55. The summed E-state index contributed by atoms with van der Waals surface area (Å²) in [6.45, 7) is 3.40. The Kier molecular flexibility index (Phi) is 5.16. The number of aromatic nitrogens is 1. The largest absolute Gasteiger partial charge is 0.513 e. The molecule has 2 heterocycles. The first-order valence-corrected chi connectivity index (χ1v) is 8.60. The van der Waals surface area contributed by atoms with Crippen LogP contribution in [0.1, 0.15) is 30.9 Å². The molecule has 0 radical (unpaired) electrons. The Morgan fingerprint density at radius 1 is 1.32 bits per heavy atom. The molecule has 1 aliphatic rings. The first-order chi connectivity index (χ1) is 13.3. The molecule has 0 fully saturated rings. The average Bonchev–Trinajstić information content (AvgIpc) is 2.66. The van der Waals surface area contributed by atoms with Crippen molar-refractivity contribution in [2.75, 3.05) is 11.9 Å². The second-order valence-electron chi connectivity index (χ2n) is 6.21. The van der Waals surface area contributed by atoms with E-state index < -0.39 is 17.0 Å². The standard InChI is InChI=1S/C19H19N3O6/c1-4-27-19(24)28-17-11(2)20-13-9-10-21(3)18(23)16(13)15(17)12-7-5-6-8-14(12)22(25)26/h5-10,15,20H,4H2,1-3H3. The molecule has 2 aromatic rings. The summed E-state index contributed by atoms with van der Waals surface area (Å²) in [4.78, 5) is 36.0. The number of aryl methyl sites for hydroxylation is 1. The summed E-state index contributed by atoms with van der Waals surface area (Å²) < 4.78 is 11.6. The average molecular weight is 385 g/mol. The maximum absolute atomic E-state index is 12.9. The van der Waals surface area contributed by atoms with Crippen molar-refractivity contribution in [2.24, 2.45) is 7.05 Å². The molecule has 9 nitrogen and oxygen atoms in total. The lowest BCUT2D eigenvalue weighted by Gasteiger charge is -2.29. The van der Waals surface area contributed by atoms with Crippen LogP contribution in [0.4, 0.5) is 16.2 Å². The number of anilines is 1. The van der Waals surface area contributed by atoms with Gasteiger partial charge in [-0.3, -0.25) is 14.9 Å². The van der Waals surface area contributed by atoms with Crippen molar-refractivity contribution < 1.29 is 19.2 Å². The topological polar surface area (TPSA) is 113 Å². The van der Waals surface area contributed by atoms with E-state index in [1.165, 1.54) is 16.7 Å². The molecular formula is C19H19N3O6. The molecule has 0 aliphatic carbocycles. The van der Waals surface area contributed by atoms with Gasteiger partial charge in [0.05, 0.1) is 28.7 Å². The summed E-state index contributed by atoms with van der Waals surface area (Å²) in [5, 5.41) is 14.6. The lowest BCUT2D eigenvalue weighted by molar-refractivity contribution is -0.385. The van der Waals surface area contributed by atoms with Gasteiger partial charge in [-0.15, -0.1) is 0 Å². The molecule has 3 rings (SSSR count). The fourth-order valence-electron chi connectivity index (χ4n) is 3.22. The smallest absolute Gasteiger partial charge is 0.434 e. The minimum absolute atomic E-state index is 0.0866. The third-order valence-electron chi connectivity index (χ3n) is 4.45. The number of allylic oxidation sites excluding steroid dienone is 2. The number of ether oxygens (including phenoxy) is 2. The van der Waals surface area contributed by atoms with Crippen molar-refractivity contribution in [1.82, 2.24) is 4.57 Å². The van der Waals surface area contributed by atoms with Gasteiger partial charge in [-0.2, -0.15) is 0 Å². The van der Waals surface area contributed by atoms with Crippen molar-refractivity contribution in [2.45, 2.75) is 19.8 Å². The van der Waals surface area contributed by atoms with Gasteiger partial charge in [0.15, 0.2) is 0 Å². The molecular weight excluding hydrogens is 366 g/mol. The number of para-hydroxylation sites is 1. The van der Waals surface area contributed by atoms with E-state index in [0.29, 0.717) is 11.4 Å². The number of benzene rings is 1. The van der Waals surface area contributed by atoms with E-state index in [0.717, 1.165) is 0 Å². The first kappa shape index (κ1) is 19.2. The van der Waals surface area contributed by atoms with Crippen LogP contribution >= 0.6 is 0 Å². The number of rotatable bonds is 4. The monoisotopic (exact) mass is 385 g/mol. The summed E-state index contributed by atoms with van der Waals surface area (Å²) in [5.74, 6) is -0.856. The number of fused-ring (bicyclic) bond motifs is 1. The number of pyridine rings is 1. The number of carbonyl (C=O) groups is 1. The number of carbonyl (C=O) groups excluding carboxylic acids is 1. The molecule has 1 aliphatic heterocycles. The van der Waals surface area contributed by atoms with Crippen LogP contribution in [0.3, 0.4) is 0 Å². The van der Waals surface area contributed by atoms with Gasteiger partial charge in [0.25, 0.3) is 11.2 Å². The maximum atomic E-state index is 12.9. The van der Waals surface area contributed by atoms with Crippen LogP contribution in [-0.2, 0) is 16.5 Å². The highest BCUT2D eigenvalue weighted by Gasteiger charge is 2.37. The van der Waals surface area contributed by atoms with Gasteiger partial charge in [0, 0.05) is 30.6 Å². The molecule has 9 heteroatoms. The second-order valence-corrected chi connectivity index (χ2v) is 6.21. The molecule has 1 aromatic heterocycles. The summed E-state index contributed by atoms with van der Waals surface area (Å²) in [7, 11) is 1.58. The molecule has 1 unspecified atom stereocenters. The van der Waals surface area contributed by atoms with E-state index in [4.69, 9.17) is 9.47 Å². The third-order valence-corrected chi connectivity index (χ3v) is 4.45. The fourth-order valence-corrected chi connectivity index (χ4v) is 3.22. The Morgan fingerprint density at radius 2 is 2.04 bits per heavy atom. The van der Waals surface area contributed by atoms with Crippen molar-refractivity contribution in [3.63, 3.8) is 0 Å². The van der Waals surface area contributed by atoms with Gasteiger partial charge in [-0.1, -0.05) is 18.2 Å². The van der Waals surface area contributed by atoms with E-state index in [1.54, 1.807) is 45.3 Å². The van der Waals surface area contributed by atoms with Crippen LogP contribution in [-0.4, -0.2) is 22.3 Å². The number of hydrogen-bond acceptors (Lipinski definition) is 7. The van der Waals surface area contributed by atoms with E-state index in [1.807, 2.05) is 0 Å². The molecule has 146 valence electrons. The summed E-state index contributed by atoms with van der Waals surface area (Å²) in [6.07, 6.45) is 0.646. The molecule has 1 N–H and O–H groups in total. The Hall–Kier alpha value is -3.62. The van der Waals surface area contributed by atoms with Crippen LogP contribution in [0.25, 0.3) is 0 Å². The van der Waals surface area contributed by atoms with Crippen molar-refractivity contribution >= 4 is 17.5 Å². The zero-order valence-corrected chi connectivity index (χ0v) is 15.6. The fraction of sp³-hybridized carbons (Fsp3) is 0.263. The van der Waals surface area contributed by atoms with Gasteiger partial charge in [0.1, 0.15) is 5.76 Å². The Bertz CT molecular complexity index is 1040. The Balaban J connectivity index is 2.28.